The second kappa shape index (κ2) is 7.89. The summed E-state index contributed by atoms with van der Waals surface area (Å²) in [6, 6.07) is 7.05. The van der Waals surface area contributed by atoms with E-state index in [-0.39, 0.29) is 5.54 Å². The van der Waals surface area contributed by atoms with Crippen LogP contribution in [0.15, 0.2) is 18.2 Å². The van der Waals surface area contributed by atoms with E-state index < -0.39 is 0 Å². The van der Waals surface area contributed by atoms with Gasteiger partial charge in [-0.15, -0.1) is 0 Å². The fourth-order valence-electron chi connectivity index (χ4n) is 4.00. The molecule has 1 N–H and O–H groups in total. The maximum Gasteiger partial charge on any atom is 0.0605 e. The molecular weight excluding hydrogens is 268 g/mol. The summed E-state index contributed by atoms with van der Waals surface area (Å²) >= 11 is 0. The van der Waals surface area contributed by atoms with Gasteiger partial charge in [0.25, 0.3) is 0 Å². The molecule has 0 fully saturated rings. The van der Waals surface area contributed by atoms with Crippen LogP contribution < -0.4 is 10.2 Å². The molecule has 124 valence electrons. The number of hydrogen-bond acceptors (Lipinski definition) is 2. The van der Waals surface area contributed by atoms with Crippen LogP contribution in [0.5, 0.6) is 0 Å². The number of rotatable bonds is 8. The molecule has 0 spiro atoms. The Bertz CT molecular complexity index is 461. The van der Waals surface area contributed by atoms with E-state index in [0.717, 1.165) is 6.54 Å². The molecule has 0 radical (unpaired) electrons. The molecule has 0 aliphatic carbocycles. The minimum absolute atomic E-state index is 0.262. The topological polar surface area (TPSA) is 15.3 Å². The van der Waals surface area contributed by atoms with Crippen molar-refractivity contribution in [3.63, 3.8) is 0 Å². The SMILES string of the molecule is CCCc1ccc2c(c1)N(CCC)CC(CCC)(CCC)N2. The summed E-state index contributed by atoms with van der Waals surface area (Å²) in [6.07, 6.45) is 8.63. The van der Waals surface area contributed by atoms with Gasteiger partial charge in [-0.25, -0.2) is 0 Å². The minimum Gasteiger partial charge on any atom is -0.376 e. The van der Waals surface area contributed by atoms with Crippen LogP contribution in [-0.4, -0.2) is 18.6 Å². The van der Waals surface area contributed by atoms with E-state index in [9.17, 15) is 0 Å². The third-order valence-electron chi connectivity index (χ3n) is 4.79. The number of anilines is 2. The average molecular weight is 303 g/mol. The summed E-state index contributed by atoms with van der Waals surface area (Å²) in [5.41, 5.74) is 4.51. The second-order valence-corrected chi connectivity index (χ2v) is 6.93. The van der Waals surface area contributed by atoms with Gasteiger partial charge in [0.1, 0.15) is 0 Å². The number of aryl methyl sites for hydroxylation is 1. The fraction of sp³-hybridized carbons (Fsp3) is 0.700. The van der Waals surface area contributed by atoms with Crippen LogP contribution in [-0.2, 0) is 6.42 Å². The number of fused-ring (bicyclic) bond motifs is 1. The van der Waals surface area contributed by atoms with E-state index in [1.807, 2.05) is 0 Å². The van der Waals surface area contributed by atoms with Gasteiger partial charge in [-0.05, 0) is 43.4 Å². The summed E-state index contributed by atoms with van der Waals surface area (Å²) in [5.74, 6) is 0. The predicted molar refractivity (Wildman–Crippen MR) is 99.1 cm³/mol. The molecule has 1 heterocycles. The quantitative estimate of drug-likeness (QED) is 0.670. The molecular formula is C20H34N2. The van der Waals surface area contributed by atoms with E-state index >= 15 is 0 Å². The van der Waals surface area contributed by atoms with Gasteiger partial charge in [0.05, 0.1) is 16.9 Å². The Morgan fingerprint density at radius 2 is 1.73 bits per heavy atom. The standard InChI is InChI=1S/C20H34N2/c1-5-9-17-10-11-18-19(15-17)22(14-8-4)16-20(21-18,12-6-2)13-7-3/h10-11,15,21H,5-9,12-14,16H2,1-4H3. The molecule has 2 rings (SSSR count). The predicted octanol–water partition coefficient (Wildman–Crippen LogP) is 5.62. The van der Waals surface area contributed by atoms with Crippen molar-refractivity contribution in [2.75, 3.05) is 23.3 Å². The summed E-state index contributed by atoms with van der Waals surface area (Å²) < 4.78 is 0. The van der Waals surface area contributed by atoms with E-state index in [1.165, 1.54) is 68.4 Å². The molecule has 1 aliphatic rings. The van der Waals surface area contributed by atoms with Crippen LogP contribution in [0.1, 0.15) is 71.8 Å². The lowest BCUT2D eigenvalue weighted by Crippen LogP contribution is -2.52. The molecule has 0 saturated carbocycles. The first-order valence-corrected chi connectivity index (χ1v) is 9.34. The highest BCUT2D eigenvalue weighted by molar-refractivity contribution is 5.74. The molecule has 0 saturated heterocycles. The molecule has 1 aromatic carbocycles. The summed E-state index contributed by atoms with van der Waals surface area (Å²) in [6.45, 7) is 11.5. The molecule has 2 heteroatoms. The summed E-state index contributed by atoms with van der Waals surface area (Å²) in [5, 5.41) is 3.93. The van der Waals surface area contributed by atoms with Crippen molar-refractivity contribution in [3.05, 3.63) is 23.8 Å². The Labute approximate surface area is 137 Å². The van der Waals surface area contributed by atoms with Crippen molar-refractivity contribution in [1.82, 2.24) is 0 Å². The van der Waals surface area contributed by atoms with Crippen LogP contribution in [0.25, 0.3) is 0 Å². The van der Waals surface area contributed by atoms with Crippen molar-refractivity contribution >= 4 is 11.4 Å². The van der Waals surface area contributed by atoms with Gasteiger partial charge in [0, 0.05) is 13.1 Å². The maximum absolute atomic E-state index is 3.93. The molecule has 1 aliphatic heterocycles. The first-order chi connectivity index (χ1) is 10.7. The van der Waals surface area contributed by atoms with Gasteiger partial charge < -0.3 is 10.2 Å². The lowest BCUT2D eigenvalue weighted by atomic mass is 9.85. The van der Waals surface area contributed by atoms with Crippen LogP contribution in [0.3, 0.4) is 0 Å². The van der Waals surface area contributed by atoms with Crippen molar-refractivity contribution < 1.29 is 0 Å². The lowest BCUT2D eigenvalue weighted by Gasteiger charge is -2.46. The molecule has 22 heavy (non-hydrogen) atoms. The van der Waals surface area contributed by atoms with Crippen LogP contribution in [0.4, 0.5) is 11.4 Å². The first-order valence-electron chi connectivity index (χ1n) is 9.34. The van der Waals surface area contributed by atoms with E-state index in [4.69, 9.17) is 0 Å². The highest BCUT2D eigenvalue weighted by atomic mass is 15.2. The number of benzene rings is 1. The fourth-order valence-corrected chi connectivity index (χ4v) is 4.00. The average Bonchev–Trinajstić information content (AvgIpc) is 2.49. The summed E-state index contributed by atoms with van der Waals surface area (Å²) in [7, 11) is 0. The van der Waals surface area contributed by atoms with Gasteiger partial charge in [-0.1, -0.05) is 53.0 Å². The Morgan fingerprint density at radius 1 is 1.00 bits per heavy atom. The van der Waals surface area contributed by atoms with Crippen molar-refractivity contribution in [3.8, 4) is 0 Å². The zero-order valence-corrected chi connectivity index (χ0v) is 15.0. The van der Waals surface area contributed by atoms with E-state index in [1.54, 1.807) is 0 Å². The van der Waals surface area contributed by atoms with Crippen LogP contribution >= 0.6 is 0 Å². The minimum atomic E-state index is 0.262. The Balaban J connectivity index is 2.34. The number of nitrogens with zero attached hydrogens (tertiary/aromatic N) is 1. The molecule has 0 bridgehead atoms. The molecule has 0 aromatic heterocycles. The number of nitrogens with one attached hydrogen (secondary N) is 1. The van der Waals surface area contributed by atoms with Gasteiger partial charge in [0.15, 0.2) is 0 Å². The van der Waals surface area contributed by atoms with Crippen LogP contribution in [0.2, 0.25) is 0 Å². The maximum atomic E-state index is 3.93. The van der Waals surface area contributed by atoms with Crippen molar-refractivity contribution in [2.24, 2.45) is 0 Å². The first kappa shape index (κ1) is 17.2. The smallest absolute Gasteiger partial charge is 0.0605 e. The van der Waals surface area contributed by atoms with Crippen molar-refractivity contribution in [2.45, 2.75) is 78.2 Å². The lowest BCUT2D eigenvalue weighted by molar-refractivity contribution is 0.381. The van der Waals surface area contributed by atoms with Crippen molar-refractivity contribution in [1.29, 1.82) is 0 Å². The van der Waals surface area contributed by atoms with Gasteiger partial charge >= 0.3 is 0 Å². The summed E-state index contributed by atoms with van der Waals surface area (Å²) in [4.78, 5) is 2.64. The second-order valence-electron chi connectivity index (χ2n) is 6.93. The molecule has 1 aromatic rings. The normalized spacial score (nSPS) is 16.3. The molecule has 2 nitrogen and oxygen atoms in total. The molecule has 0 unspecified atom stereocenters. The van der Waals surface area contributed by atoms with E-state index in [2.05, 4.69) is 56.1 Å². The van der Waals surface area contributed by atoms with Crippen LogP contribution in [0, 0.1) is 0 Å². The highest BCUT2D eigenvalue weighted by Gasteiger charge is 2.35. The number of hydrogen-bond donors (Lipinski definition) is 1. The van der Waals surface area contributed by atoms with Gasteiger partial charge in [-0.2, -0.15) is 0 Å². The monoisotopic (exact) mass is 302 g/mol. The molecule has 0 amide bonds. The third kappa shape index (κ3) is 3.77. The zero-order valence-electron chi connectivity index (χ0n) is 15.0. The Hall–Kier alpha value is -1.18. The third-order valence-corrected chi connectivity index (χ3v) is 4.79. The highest BCUT2D eigenvalue weighted by Crippen LogP contribution is 2.39. The molecule has 0 atom stereocenters. The zero-order chi connectivity index (χ0) is 16.0. The Morgan fingerprint density at radius 3 is 2.32 bits per heavy atom. The Kier molecular flexibility index (Phi) is 6.16. The van der Waals surface area contributed by atoms with Gasteiger partial charge in [-0.3, -0.25) is 0 Å². The van der Waals surface area contributed by atoms with Gasteiger partial charge in [0.2, 0.25) is 0 Å². The largest absolute Gasteiger partial charge is 0.376 e. The van der Waals surface area contributed by atoms with E-state index in [0.29, 0.717) is 0 Å².